The van der Waals surface area contributed by atoms with E-state index in [2.05, 4.69) is 15.7 Å². The smallest absolute Gasteiger partial charge is 0.259 e. The molecule has 9 nitrogen and oxygen atoms in total. The third-order valence-electron chi connectivity index (χ3n) is 6.47. The maximum absolute atomic E-state index is 13.4. The van der Waals surface area contributed by atoms with Crippen molar-refractivity contribution in [2.45, 2.75) is 44.8 Å². The summed E-state index contributed by atoms with van der Waals surface area (Å²) in [5.41, 5.74) is 3.40. The molecule has 0 unspecified atom stereocenters. The van der Waals surface area contributed by atoms with Gasteiger partial charge in [0.05, 0.1) is 31.1 Å². The van der Waals surface area contributed by atoms with Gasteiger partial charge in [0.2, 0.25) is 5.91 Å². The first-order valence-corrected chi connectivity index (χ1v) is 12.5. The van der Waals surface area contributed by atoms with Gasteiger partial charge in [-0.15, -0.1) is 0 Å². The highest BCUT2D eigenvalue weighted by atomic mass is 16.5. The van der Waals surface area contributed by atoms with Crippen LogP contribution in [0.5, 0.6) is 5.75 Å². The molecule has 9 heteroatoms. The zero-order chi connectivity index (χ0) is 25.6. The van der Waals surface area contributed by atoms with Crippen molar-refractivity contribution < 1.29 is 14.3 Å². The van der Waals surface area contributed by atoms with Crippen LogP contribution in [0.1, 0.15) is 41.6 Å². The van der Waals surface area contributed by atoms with Gasteiger partial charge in [-0.05, 0) is 42.7 Å². The molecule has 0 atom stereocenters. The largest absolute Gasteiger partial charge is 0.497 e. The van der Waals surface area contributed by atoms with Gasteiger partial charge in [-0.2, -0.15) is 10.2 Å². The zero-order valence-corrected chi connectivity index (χ0v) is 20.8. The number of nitrogens with one attached hydrogen (secondary N) is 2. The number of carbonyl (C=O) groups is 2. The fourth-order valence-electron chi connectivity index (χ4n) is 4.60. The number of amides is 2. The third-order valence-corrected chi connectivity index (χ3v) is 6.47. The Hall–Kier alpha value is -4.40. The summed E-state index contributed by atoms with van der Waals surface area (Å²) in [6.07, 6.45) is 9.32. The number of hydrogen-bond acceptors (Lipinski definition) is 5. The average Bonchev–Trinajstić information content (AvgIpc) is 3.67. The molecular weight excluding hydrogens is 468 g/mol. The van der Waals surface area contributed by atoms with Gasteiger partial charge < -0.3 is 15.4 Å². The molecule has 1 aliphatic carbocycles. The molecular formula is C28H30N6O3. The van der Waals surface area contributed by atoms with E-state index in [1.165, 1.54) is 4.68 Å². The molecule has 37 heavy (non-hydrogen) atoms. The molecule has 5 rings (SSSR count). The van der Waals surface area contributed by atoms with E-state index in [-0.39, 0.29) is 24.4 Å². The molecule has 2 N–H and O–H groups in total. The standard InChI is InChI=1S/C28H30N6O3/c1-37-24-13-11-21(12-14-24)27-25(18-34(32-27)16-20-7-3-2-4-8-20)28(36)31-23-15-29-33(17-23)19-26(35)30-22-9-5-6-10-22/h2-4,7-8,11-15,17-18,22H,5-6,9-10,16,19H2,1H3,(H,30,35)(H,31,36). The minimum absolute atomic E-state index is 0.0724. The third kappa shape index (κ3) is 6.06. The van der Waals surface area contributed by atoms with Gasteiger partial charge in [0.15, 0.2) is 0 Å². The summed E-state index contributed by atoms with van der Waals surface area (Å²) in [4.78, 5) is 25.7. The van der Waals surface area contributed by atoms with Crippen LogP contribution in [-0.4, -0.2) is 44.5 Å². The van der Waals surface area contributed by atoms with E-state index in [0.29, 0.717) is 23.5 Å². The van der Waals surface area contributed by atoms with Crippen molar-refractivity contribution in [1.82, 2.24) is 24.9 Å². The molecule has 2 heterocycles. The Kier molecular flexibility index (Phi) is 7.30. The Bertz CT molecular complexity index is 1350. The Morgan fingerprint density at radius 3 is 2.49 bits per heavy atom. The molecule has 2 aromatic carbocycles. The number of rotatable bonds is 9. The maximum atomic E-state index is 13.4. The predicted molar refractivity (Wildman–Crippen MR) is 140 cm³/mol. The van der Waals surface area contributed by atoms with Gasteiger partial charge in [-0.3, -0.25) is 19.0 Å². The van der Waals surface area contributed by atoms with Crippen LogP contribution in [0, 0.1) is 0 Å². The van der Waals surface area contributed by atoms with Crippen molar-refractivity contribution in [3.05, 3.63) is 84.3 Å². The number of hydrogen-bond donors (Lipinski definition) is 2. The van der Waals surface area contributed by atoms with E-state index >= 15 is 0 Å². The second-order valence-corrected chi connectivity index (χ2v) is 9.23. The highest BCUT2D eigenvalue weighted by molar-refractivity contribution is 6.08. The van der Waals surface area contributed by atoms with Crippen LogP contribution in [0.4, 0.5) is 5.69 Å². The van der Waals surface area contributed by atoms with Crippen molar-refractivity contribution >= 4 is 17.5 Å². The van der Waals surface area contributed by atoms with Gasteiger partial charge in [-0.1, -0.05) is 43.2 Å². The lowest BCUT2D eigenvalue weighted by Crippen LogP contribution is -2.35. The summed E-state index contributed by atoms with van der Waals surface area (Å²) >= 11 is 0. The highest BCUT2D eigenvalue weighted by Crippen LogP contribution is 2.26. The fraction of sp³-hybridized carbons (Fsp3) is 0.286. The molecule has 1 saturated carbocycles. The molecule has 0 aliphatic heterocycles. The van der Waals surface area contributed by atoms with Gasteiger partial charge in [-0.25, -0.2) is 0 Å². The van der Waals surface area contributed by atoms with Crippen LogP contribution in [-0.2, 0) is 17.9 Å². The predicted octanol–water partition coefficient (Wildman–Crippen LogP) is 4.11. The minimum Gasteiger partial charge on any atom is -0.497 e. The maximum Gasteiger partial charge on any atom is 0.259 e. The molecule has 190 valence electrons. The number of benzene rings is 2. The first-order chi connectivity index (χ1) is 18.1. The van der Waals surface area contributed by atoms with Crippen LogP contribution < -0.4 is 15.4 Å². The number of methoxy groups -OCH3 is 1. The second-order valence-electron chi connectivity index (χ2n) is 9.23. The summed E-state index contributed by atoms with van der Waals surface area (Å²) < 4.78 is 8.57. The molecule has 1 fully saturated rings. The van der Waals surface area contributed by atoms with Crippen LogP contribution in [0.3, 0.4) is 0 Å². The van der Waals surface area contributed by atoms with Crippen LogP contribution in [0.15, 0.2) is 73.2 Å². The summed E-state index contributed by atoms with van der Waals surface area (Å²) in [6.45, 7) is 0.643. The fourth-order valence-corrected chi connectivity index (χ4v) is 4.60. The van der Waals surface area contributed by atoms with Crippen molar-refractivity contribution in [1.29, 1.82) is 0 Å². The molecule has 1 aliphatic rings. The van der Waals surface area contributed by atoms with Gasteiger partial charge in [0.25, 0.3) is 5.91 Å². The molecule has 2 aromatic heterocycles. The van der Waals surface area contributed by atoms with E-state index < -0.39 is 0 Å². The SMILES string of the molecule is COc1ccc(-c2nn(Cc3ccccc3)cc2C(=O)Nc2cnn(CC(=O)NC3CCCC3)c2)cc1. The molecule has 0 bridgehead atoms. The van der Waals surface area contributed by atoms with E-state index in [1.807, 2.05) is 54.6 Å². The Balaban J connectivity index is 1.33. The van der Waals surface area contributed by atoms with Crippen molar-refractivity contribution in [2.24, 2.45) is 0 Å². The topological polar surface area (TPSA) is 103 Å². The highest BCUT2D eigenvalue weighted by Gasteiger charge is 2.20. The second kappa shape index (κ2) is 11.1. The van der Waals surface area contributed by atoms with Gasteiger partial charge >= 0.3 is 0 Å². The first kappa shape index (κ1) is 24.3. The Morgan fingerprint density at radius 1 is 1.00 bits per heavy atom. The van der Waals surface area contributed by atoms with E-state index in [0.717, 1.165) is 42.6 Å². The molecule has 4 aromatic rings. The number of nitrogens with zero attached hydrogens (tertiary/aromatic N) is 4. The van der Waals surface area contributed by atoms with E-state index in [4.69, 9.17) is 9.84 Å². The summed E-state index contributed by atoms with van der Waals surface area (Å²) in [6, 6.07) is 17.7. The molecule has 0 saturated heterocycles. The van der Waals surface area contributed by atoms with Gasteiger partial charge in [0.1, 0.15) is 18.0 Å². The molecule has 0 radical (unpaired) electrons. The monoisotopic (exact) mass is 498 g/mol. The number of aromatic nitrogens is 4. The summed E-state index contributed by atoms with van der Waals surface area (Å²) in [7, 11) is 1.61. The van der Waals surface area contributed by atoms with Crippen molar-refractivity contribution in [3.63, 3.8) is 0 Å². The average molecular weight is 499 g/mol. The minimum atomic E-state index is -0.305. The first-order valence-electron chi connectivity index (χ1n) is 12.5. The quantitative estimate of drug-likeness (QED) is 0.361. The number of carbonyl (C=O) groups excluding carboxylic acids is 2. The lowest BCUT2D eigenvalue weighted by molar-refractivity contribution is -0.122. The lowest BCUT2D eigenvalue weighted by atomic mass is 10.1. The Morgan fingerprint density at radius 2 is 1.76 bits per heavy atom. The van der Waals surface area contributed by atoms with Crippen LogP contribution in [0.25, 0.3) is 11.3 Å². The van der Waals surface area contributed by atoms with E-state index in [1.54, 1.807) is 30.4 Å². The van der Waals surface area contributed by atoms with Crippen LogP contribution >= 0.6 is 0 Å². The van der Waals surface area contributed by atoms with Crippen molar-refractivity contribution in [3.8, 4) is 17.0 Å². The summed E-state index contributed by atoms with van der Waals surface area (Å²) in [5.74, 6) is 0.347. The number of ether oxygens (including phenoxy) is 1. The molecule has 2 amide bonds. The summed E-state index contributed by atoms with van der Waals surface area (Å²) in [5, 5.41) is 14.9. The van der Waals surface area contributed by atoms with E-state index in [9.17, 15) is 9.59 Å². The van der Waals surface area contributed by atoms with Crippen molar-refractivity contribution in [2.75, 3.05) is 12.4 Å². The Labute approximate surface area is 215 Å². The zero-order valence-electron chi connectivity index (χ0n) is 20.8. The molecule has 0 spiro atoms. The van der Waals surface area contributed by atoms with Gasteiger partial charge in [0, 0.05) is 24.0 Å². The van der Waals surface area contributed by atoms with Crippen LogP contribution in [0.2, 0.25) is 0 Å². The number of anilines is 1. The normalized spacial score (nSPS) is 13.4. The lowest BCUT2D eigenvalue weighted by Gasteiger charge is -2.11.